The lowest BCUT2D eigenvalue weighted by Crippen LogP contribution is -2.45. The number of aliphatic hydroxyl groups excluding tert-OH is 1. The summed E-state index contributed by atoms with van der Waals surface area (Å²) in [5.74, 6) is -1.24. The number of piperidine rings is 1. The minimum atomic E-state index is -0.838. The van der Waals surface area contributed by atoms with Crippen LogP contribution in [0.4, 0.5) is 0 Å². The molecule has 20 heavy (non-hydrogen) atoms. The van der Waals surface area contributed by atoms with Crippen LogP contribution in [-0.4, -0.2) is 46.7 Å². The second-order valence-electron chi connectivity index (χ2n) is 6.27. The standard InChI is InChI=1S/C15H25NO4/c1-2-10-6-12(13(7-10)15(19)20)14(18)16-5-3-4-11(8-16)9-17/h10-13,17H,2-9H2,1H3,(H,19,20)/t10?,11?,12-,13+/m0/s1. The zero-order chi connectivity index (χ0) is 14.7. The Kier molecular flexibility index (Phi) is 5.02. The number of amides is 1. The van der Waals surface area contributed by atoms with Gasteiger partial charge in [0.15, 0.2) is 0 Å². The Morgan fingerprint density at radius 3 is 2.50 bits per heavy atom. The molecule has 0 bridgehead atoms. The molecule has 1 heterocycles. The summed E-state index contributed by atoms with van der Waals surface area (Å²) in [5.41, 5.74) is 0. The zero-order valence-corrected chi connectivity index (χ0v) is 12.1. The highest BCUT2D eigenvalue weighted by Crippen LogP contribution is 2.39. The third-order valence-corrected chi connectivity index (χ3v) is 4.96. The summed E-state index contributed by atoms with van der Waals surface area (Å²) < 4.78 is 0. The van der Waals surface area contributed by atoms with E-state index in [4.69, 9.17) is 0 Å². The Morgan fingerprint density at radius 1 is 1.20 bits per heavy atom. The number of carbonyl (C=O) groups excluding carboxylic acids is 1. The van der Waals surface area contributed by atoms with Gasteiger partial charge in [-0.3, -0.25) is 9.59 Å². The summed E-state index contributed by atoms with van der Waals surface area (Å²) in [6.07, 6.45) is 4.11. The molecular weight excluding hydrogens is 258 g/mol. The number of hydrogen-bond acceptors (Lipinski definition) is 3. The monoisotopic (exact) mass is 283 g/mol. The molecule has 0 spiro atoms. The number of nitrogens with zero attached hydrogens (tertiary/aromatic N) is 1. The fourth-order valence-corrected chi connectivity index (χ4v) is 3.67. The average Bonchev–Trinajstić information content (AvgIpc) is 2.91. The van der Waals surface area contributed by atoms with Gasteiger partial charge in [-0.05, 0) is 37.5 Å². The molecule has 1 amide bonds. The first-order valence-corrected chi connectivity index (χ1v) is 7.69. The Morgan fingerprint density at radius 2 is 1.90 bits per heavy atom. The molecule has 1 aliphatic carbocycles. The van der Waals surface area contributed by atoms with E-state index in [-0.39, 0.29) is 24.3 Å². The molecule has 2 aliphatic rings. The predicted molar refractivity (Wildman–Crippen MR) is 74.0 cm³/mol. The van der Waals surface area contributed by atoms with Crippen LogP contribution >= 0.6 is 0 Å². The van der Waals surface area contributed by atoms with E-state index in [1.165, 1.54) is 0 Å². The summed E-state index contributed by atoms with van der Waals surface area (Å²) in [6.45, 7) is 3.44. The van der Waals surface area contributed by atoms with E-state index in [1.807, 2.05) is 0 Å². The van der Waals surface area contributed by atoms with E-state index < -0.39 is 11.9 Å². The second kappa shape index (κ2) is 6.57. The predicted octanol–water partition coefficient (Wildman–Crippen LogP) is 1.35. The van der Waals surface area contributed by atoms with Crippen molar-refractivity contribution in [3.05, 3.63) is 0 Å². The molecule has 0 radical (unpaired) electrons. The lowest BCUT2D eigenvalue weighted by molar-refractivity contribution is -0.150. The quantitative estimate of drug-likeness (QED) is 0.816. The van der Waals surface area contributed by atoms with Gasteiger partial charge >= 0.3 is 5.97 Å². The van der Waals surface area contributed by atoms with Gasteiger partial charge in [0.25, 0.3) is 0 Å². The number of carbonyl (C=O) groups is 2. The first-order chi connectivity index (χ1) is 9.56. The van der Waals surface area contributed by atoms with Crippen molar-refractivity contribution >= 4 is 11.9 Å². The summed E-state index contributed by atoms with van der Waals surface area (Å²) in [6, 6.07) is 0. The molecule has 1 saturated carbocycles. The molecule has 1 aliphatic heterocycles. The zero-order valence-electron chi connectivity index (χ0n) is 12.1. The van der Waals surface area contributed by atoms with Crippen molar-refractivity contribution in [1.82, 2.24) is 4.90 Å². The van der Waals surface area contributed by atoms with Crippen molar-refractivity contribution in [3.8, 4) is 0 Å². The van der Waals surface area contributed by atoms with Crippen LogP contribution in [0.2, 0.25) is 0 Å². The van der Waals surface area contributed by atoms with Crippen molar-refractivity contribution in [1.29, 1.82) is 0 Å². The first kappa shape index (κ1) is 15.3. The molecule has 5 heteroatoms. The van der Waals surface area contributed by atoms with E-state index in [2.05, 4.69) is 6.92 Å². The molecule has 0 aromatic rings. The number of hydrogen-bond donors (Lipinski definition) is 2. The Bertz CT molecular complexity index is 371. The maximum atomic E-state index is 12.6. The number of aliphatic carboxylic acids is 1. The SMILES string of the molecule is CCC1C[C@H](C(=O)N2CCCC(CO)C2)[C@H](C(=O)O)C1. The van der Waals surface area contributed by atoms with E-state index in [0.29, 0.717) is 31.8 Å². The number of carboxylic acid groups (broad SMARTS) is 1. The lowest BCUT2D eigenvalue weighted by atomic mass is 9.92. The minimum Gasteiger partial charge on any atom is -0.481 e. The third kappa shape index (κ3) is 3.14. The Labute approximate surface area is 120 Å². The van der Waals surface area contributed by atoms with Crippen molar-refractivity contribution in [2.24, 2.45) is 23.7 Å². The minimum absolute atomic E-state index is 0.00787. The summed E-state index contributed by atoms with van der Waals surface area (Å²) in [4.78, 5) is 25.8. The van der Waals surface area contributed by atoms with Crippen LogP contribution in [0.25, 0.3) is 0 Å². The van der Waals surface area contributed by atoms with Crippen LogP contribution in [0.1, 0.15) is 39.0 Å². The molecule has 2 unspecified atom stereocenters. The molecule has 4 atom stereocenters. The normalized spacial score (nSPS) is 34.2. The fraction of sp³-hybridized carbons (Fsp3) is 0.867. The van der Waals surface area contributed by atoms with Crippen LogP contribution in [0.15, 0.2) is 0 Å². The maximum Gasteiger partial charge on any atom is 0.307 e. The van der Waals surface area contributed by atoms with Gasteiger partial charge in [0.2, 0.25) is 5.91 Å². The van der Waals surface area contributed by atoms with Crippen molar-refractivity contribution in [3.63, 3.8) is 0 Å². The van der Waals surface area contributed by atoms with E-state index in [0.717, 1.165) is 19.3 Å². The van der Waals surface area contributed by atoms with Gasteiger partial charge < -0.3 is 15.1 Å². The van der Waals surface area contributed by atoms with Crippen LogP contribution in [0.3, 0.4) is 0 Å². The van der Waals surface area contributed by atoms with Gasteiger partial charge in [-0.15, -0.1) is 0 Å². The van der Waals surface area contributed by atoms with Crippen molar-refractivity contribution in [2.45, 2.75) is 39.0 Å². The van der Waals surface area contributed by atoms with Gasteiger partial charge in [-0.1, -0.05) is 13.3 Å². The molecule has 2 rings (SSSR count). The molecule has 0 aromatic carbocycles. The lowest BCUT2D eigenvalue weighted by Gasteiger charge is -2.34. The van der Waals surface area contributed by atoms with Crippen molar-refractivity contribution < 1.29 is 19.8 Å². The molecule has 114 valence electrons. The number of aliphatic hydroxyl groups is 1. The van der Waals surface area contributed by atoms with E-state index >= 15 is 0 Å². The largest absolute Gasteiger partial charge is 0.481 e. The molecule has 0 aromatic heterocycles. The van der Waals surface area contributed by atoms with Gasteiger partial charge in [0, 0.05) is 19.7 Å². The molecule has 5 nitrogen and oxygen atoms in total. The smallest absolute Gasteiger partial charge is 0.307 e. The number of carboxylic acids is 1. The fourth-order valence-electron chi connectivity index (χ4n) is 3.67. The van der Waals surface area contributed by atoms with Gasteiger partial charge in [0.1, 0.15) is 0 Å². The highest BCUT2D eigenvalue weighted by molar-refractivity contribution is 5.85. The van der Waals surface area contributed by atoms with E-state index in [1.54, 1.807) is 4.90 Å². The average molecular weight is 283 g/mol. The maximum absolute atomic E-state index is 12.6. The van der Waals surface area contributed by atoms with Gasteiger partial charge in [-0.25, -0.2) is 0 Å². The highest BCUT2D eigenvalue weighted by Gasteiger charge is 2.44. The molecule has 2 fully saturated rings. The number of likely N-dealkylation sites (tertiary alicyclic amines) is 1. The van der Waals surface area contributed by atoms with Crippen molar-refractivity contribution in [2.75, 3.05) is 19.7 Å². The highest BCUT2D eigenvalue weighted by atomic mass is 16.4. The van der Waals surface area contributed by atoms with Gasteiger partial charge in [-0.2, -0.15) is 0 Å². The summed E-state index contributed by atoms with van der Waals surface area (Å²) in [5, 5.41) is 18.6. The third-order valence-electron chi connectivity index (χ3n) is 4.96. The molecule has 1 saturated heterocycles. The summed E-state index contributed by atoms with van der Waals surface area (Å²) >= 11 is 0. The van der Waals surface area contributed by atoms with Crippen LogP contribution in [0, 0.1) is 23.7 Å². The van der Waals surface area contributed by atoms with E-state index in [9.17, 15) is 19.8 Å². The molecule has 2 N–H and O–H groups in total. The van der Waals surface area contributed by atoms with Crippen LogP contribution in [-0.2, 0) is 9.59 Å². The van der Waals surface area contributed by atoms with Gasteiger partial charge in [0.05, 0.1) is 11.8 Å². The first-order valence-electron chi connectivity index (χ1n) is 7.69. The van der Waals surface area contributed by atoms with Crippen LogP contribution in [0.5, 0.6) is 0 Å². The Hall–Kier alpha value is -1.10. The Balaban J connectivity index is 2.04. The second-order valence-corrected chi connectivity index (χ2v) is 6.27. The summed E-state index contributed by atoms with van der Waals surface area (Å²) in [7, 11) is 0. The number of rotatable bonds is 4. The molecular formula is C15H25NO4. The topological polar surface area (TPSA) is 77.8 Å². The van der Waals surface area contributed by atoms with Crippen LogP contribution < -0.4 is 0 Å².